The van der Waals surface area contributed by atoms with E-state index in [0.29, 0.717) is 5.92 Å². The number of hydrogen-bond donors (Lipinski definition) is 1. The lowest BCUT2D eigenvalue weighted by atomic mass is 9.89. The summed E-state index contributed by atoms with van der Waals surface area (Å²) in [5, 5.41) is 10.0. The summed E-state index contributed by atoms with van der Waals surface area (Å²) >= 11 is 1.66. The van der Waals surface area contributed by atoms with E-state index in [1.54, 1.807) is 22.2 Å². The second kappa shape index (κ2) is 4.72. The summed E-state index contributed by atoms with van der Waals surface area (Å²) in [6.45, 7) is 4.04. The van der Waals surface area contributed by atoms with Crippen molar-refractivity contribution in [1.29, 1.82) is 0 Å². The van der Waals surface area contributed by atoms with Crippen LogP contribution in [-0.2, 0) is 12.8 Å². The van der Waals surface area contributed by atoms with Crippen molar-refractivity contribution in [3.05, 3.63) is 27.1 Å². The number of aliphatic hydroxyl groups is 1. The van der Waals surface area contributed by atoms with Gasteiger partial charge in [0.25, 0.3) is 5.56 Å². The van der Waals surface area contributed by atoms with Gasteiger partial charge < -0.3 is 5.11 Å². The van der Waals surface area contributed by atoms with Crippen LogP contribution >= 0.6 is 11.3 Å². The van der Waals surface area contributed by atoms with Crippen molar-refractivity contribution >= 4 is 21.6 Å². The molecule has 19 heavy (non-hydrogen) atoms. The fourth-order valence-electron chi connectivity index (χ4n) is 2.75. The van der Waals surface area contributed by atoms with Crippen molar-refractivity contribution in [2.75, 3.05) is 6.61 Å². The molecule has 4 nitrogen and oxygen atoms in total. The first-order chi connectivity index (χ1) is 9.11. The van der Waals surface area contributed by atoms with Crippen molar-refractivity contribution in [2.45, 2.75) is 39.2 Å². The summed E-state index contributed by atoms with van der Waals surface area (Å²) in [5.74, 6) is 0.694. The number of rotatable bonds is 2. The van der Waals surface area contributed by atoms with Gasteiger partial charge in [0.1, 0.15) is 4.83 Å². The average Bonchev–Trinajstić information content (AvgIpc) is 2.76. The lowest BCUT2D eigenvalue weighted by Gasteiger charge is -2.17. The first-order valence-corrected chi connectivity index (χ1v) is 7.55. The molecule has 2 heterocycles. The molecular weight excluding hydrogens is 260 g/mol. The maximum absolute atomic E-state index is 12.6. The number of aromatic nitrogens is 2. The van der Waals surface area contributed by atoms with E-state index in [1.165, 1.54) is 10.4 Å². The summed E-state index contributed by atoms with van der Waals surface area (Å²) in [6, 6.07) is -0.220. The molecule has 3 rings (SSSR count). The first kappa shape index (κ1) is 12.8. The molecule has 1 aliphatic carbocycles. The molecular formula is C14H18N2O2S. The van der Waals surface area contributed by atoms with Crippen LogP contribution in [0.4, 0.5) is 0 Å². The molecule has 1 N–H and O–H groups in total. The number of fused-ring (bicyclic) bond motifs is 3. The highest BCUT2D eigenvalue weighted by Gasteiger charge is 2.23. The van der Waals surface area contributed by atoms with Gasteiger partial charge in [-0.25, -0.2) is 4.98 Å². The summed E-state index contributed by atoms with van der Waals surface area (Å²) in [6.07, 6.45) is 4.75. The fourth-order valence-corrected chi connectivity index (χ4v) is 4.09. The van der Waals surface area contributed by atoms with Crippen molar-refractivity contribution in [2.24, 2.45) is 5.92 Å². The van der Waals surface area contributed by atoms with E-state index in [-0.39, 0.29) is 18.2 Å². The van der Waals surface area contributed by atoms with Crippen LogP contribution in [-0.4, -0.2) is 21.3 Å². The molecule has 0 aliphatic heterocycles. The minimum atomic E-state index is -0.220. The van der Waals surface area contributed by atoms with Gasteiger partial charge in [0, 0.05) is 4.88 Å². The summed E-state index contributed by atoms with van der Waals surface area (Å²) in [4.78, 5) is 19.2. The first-order valence-electron chi connectivity index (χ1n) is 6.74. The third-order valence-corrected chi connectivity index (χ3v) is 5.14. The zero-order valence-corrected chi connectivity index (χ0v) is 12.0. The Morgan fingerprint density at radius 3 is 3.16 bits per heavy atom. The Labute approximate surface area is 115 Å². The van der Waals surface area contributed by atoms with Gasteiger partial charge in [0.2, 0.25) is 0 Å². The van der Waals surface area contributed by atoms with E-state index >= 15 is 0 Å². The Morgan fingerprint density at radius 1 is 1.63 bits per heavy atom. The zero-order valence-electron chi connectivity index (χ0n) is 11.2. The molecule has 0 saturated carbocycles. The zero-order chi connectivity index (χ0) is 13.6. The molecule has 0 unspecified atom stereocenters. The van der Waals surface area contributed by atoms with Crippen LogP contribution in [0.3, 0.4) is 0 Å². The minimum absolute atomic E-state index is 0.00129. The van der Waals surface area contributed by atoms with Gasteiger partial charge in [0.05, 0.1) is 24.4 Å². The van der Waals surface area contributed by atoms with E-state index in [1.807, 2.05) is 6.92 Å². The Bertz CT molecular complexity index is 674. The molecule has 0 bridgehead atoms. The van der Waals surface area contributed by atoms with Gasteiger partial charge in [-0.15, -0.1) is 11.3 Å². The van der Waals surface area contributed by atoms with Gasteiger partial charge in [-0.1, -0.05) is 6.92 Å². The number of hydrogen-bond acceptors (Lipinski definition) is 4. The molecule has 0 amide bonds. The van der Waals surface area contributed by atoms with Gasteiger partial charge >= 0.3 is 0 Å². The monoisotopic (exact) mass is 278 g/mol. The predicted molar refractivity (Wildman–Crippen MR) is 76.9 cm³/mol. The molecule has 1 aliphatic rings. The summed E-state index contributed by atoms with van der Waals surface area (Å²) < 4.78 is 1.55. The Hall–Kier alpha value is -1.20. The van der Waals surface area contributed by atoms with Crippen LogP contribution in [0.2, 0.25) is 0 Å². The molecule has 0 radical (unpaired) electrons. The molecule has 0 spiro atoms. The minimum Gasteiger partial charge on any atom is -0.394 e. The third kappa shape index (κ3) is 2.01. The van der Waals surface area contributed by atoms with E-state index < -0.39 is 0 Å². The van der Waals surface area contributed by atoms with Gasteiger partial charge in [-0.3, -0.25) is 9.36 Å². The second-order valence-corrected chi connectivity index (χ2v) is 6.60. The van der Waals surface area contributed by atoms with Crippen LogP contribution in [0.1, 0.15) is 36.8 Å². The van der Waals surface area contributed by atoms with Crippen molar-refractivity contribution in [1.82, 2.24) is 9.55 Å². The highest BCUT2D eigenvalue weighted by atomic mass is 32.1. The maximum atomic E-state index is 12.6. The van der Waals surface area contributed by atoms with E-state index in [9.17, 15) is 9.90 Å². The molecule has 2 aromatic heterocycles. The van der Waals surface area contributed by atoms with Crippen molar-refractivity contribution < 1.29 is 5.11 Å². The van der Waals surface area contributed by atoms with Gasteiger partial charge in [0.15, 0.2) is 0 Å². The largest absolute Gasteiger partial charge is 0.394 e. The Kier molecular flexibility index (Phi) is 3.19. The van der Waals surface area contributed by atoms with Crippen LogP contribution in [0.25, 0.3) is 10.2 Å². The van der Waals surface area contributed by atoms with Gasteiger partial charge in [-0.2, -0.15) is 0 Å². The molecule has 2 atom stereocenters. The SMILES string of the molecule is C[C@H]1CCc2c(sc3ncn([C@@H](C)CO)c(=O)c23)C1. The molecule has 0 aromatic carbocycles. The summed E-state index contributed by atoms with van der Waals surface area (Å²) in [5.41, 5.74) is 1.20. The highest BCUT2D eigenvalue weighted by Crippen LogP contribution is 2.35. The van der Waals surface area contributed by atoms with E-state index in [0.717, 1.165) is 29.5 Å². The number of thiophene rings is 1. The van der Waals surface area contributed by atoms with Crippen molar-refractivity contribution in [3.63, 3.8) is 0 Å². The highest BCUT2D eigenvalue weighted by molar-refractivity contribution is 7.18. The second-order valence-electron chi connectivity index (χ2n) is 5.52. The van der Waals surface area contributed by atoms with Gasteiger partial charge in [-0.05, 0) is 37.7 Å². The normalized spacial score (nSPS) is 20.5. The average molecular weight is 278 g/mol. The third-order valence-electron chi connectivity index (χ3n) is 3.98. The van der Waals surface area contributed by atoms with Crippen LogP contribution in [0.15, 0.2) is 11.1 Å². The smallest absolute Gasteiger partial charge is 0.262 e. The standard InChI is InChI=1S/C14H18N2O2S/c1-8-3-4-10-11(5-8)19-13-12(10)14(18)16(7-15-13)9(2)6-17/h7-9,17H,3-6H2,1-2H3/t8-,9-/m0/s1. The molecule has 2 aromatic rings. The number of aliphatic hydroxyl groups excluding tert-OH is 1. The number of aryl methyl sites for hydroxylation is 1. The molecule has 5 heteroatoms. The van der Waals surface area contributed by atoms with Crippen LogP contribution < -0.4 is 5.56 Å². The van der Waals surface area contributed by atoms with E-state index in [4.69, 9.17) is 0 Å². The van der Waals surface area contributed by atoms with Crippen molar-refractivity contribution in [3.8, 4) is 0 Å². The fraction of sp³-hybridized carbons (Fsp3) is 0.571. The Morgan fingerprint density at radius 2 is 2.42 bits per heavy atom. The quantitative estimate of drug-likeness (QED) is 0.915. The predicted octanol–water partition coefficient (Wildman–Crippen LogP) is 2.14. The number of nitrogens with zero attached hydrogens (tertiary/aromatic N) is 2. The molecule has 102 valence electrons. The maximum Gasteiger partial charge on any atom is 0.262 e. The van der Waals surface area contributed by atoms with E-state index in [2.05, 4.69) is 11.9 Å². The molecule has 0 fully saturated rings. The molecule has 0 saturated heterocycles. The topological polar surface area (TPSA) is 55.1 Å². The lowest BCUT2D eigenvalue weighted by molar-refractivity contribution is 0.236. The van der Waals surface area contributed by atoms with Crippen LogP contribution in [0.5, 0.6) is 0 Å². The lowest BCUT2D eigenvalue weighted by Crippen LogP contribution is -2.26. The Balaban J connectivity index is 2.23. The summed E-state index contributed by atoms with van der Waals surface area (Å²) in [7, 11) is 0. The van der Waals surface area contributed by atoms with Crippen LogP contribution in [0, 0.1) is 5.92 Å².